The molecule has 8 heteroatoms. The molecule has 0 unspecified atom stereocenters. The smallest absolute Gasteiger partial charge is 0.399 e. The molecule has 0 atom stereocenters. The summed E-state index contributed by atoms with van der Waals surface area (Å²) in [6.07, 6.45) is -4.32. The van der Waals surface area contributed by atoms with Crippen molar-refractivity contribution < 1.29 is 17.9 Å². The topological polar surface area (TPSA) is 47.3 Å². The molecule has 3 N–H and O–H groups in total. The van der Waals surface area contributed by atoms with Crippen molar-refractivity contribution in [3.05, 3.63) is 22.2 Å². The molecule has 1 aromatic carbocycles. The quantitative estimate of drug-likeness (QED) is 0.646. The number of benzene rings is 1. The van der Waals surface area contributed by atoms with Gasteiger partial charge in [0, 0.05) is 12.2 Å². The summed E-state index contributed by atoms with van der Waals surface area (Å²) in [6.45, 7) is -1.24. The van der Waals surface area contributed by atoms with Crippen LogP contribution in [0.3, 0.4) is 0 Å². The molecule has 1 rings (SSSR count). The maximum atomic E-state index is 11.8. The minimum absolute atomic E-state index is 0.115. The van der Waals surface area contributed by atoms with Crippen LogP contribution in [0.5, 0.6) is 0 Å². The summed E-state index contributed by atoms with van der Waals surface area (Å²) in [5, 5.41) is 3.39. The number of hydrogen-bond acceptors (Lipinski definition) is 3. The summed E-state index contributed by atoms with van der Waals surface area (Å²) in [7, 11) is 0. The number of rotatable bonds is 5. The largest absolute Gasteiger partial charge is 0.411 e. The average Bonchev–Trinajstić information content (AvgIpc) is 2.19. The number of nitrogen functional groups attached to an aromatic ring is 1. The van der Waals surface area contributed by atoms with E-state index in [0.717, 1.165) is 0 Å². The van der Waals surface area contributed by atoms with Gasteiger partial charge in [-0.15, -0.1) is 0 Å². The predicted octanol–water partition coefficient (Wildman–Crippen LogP) is 3.57. The van der Waals surface area contributed by atoms with Crippen molar-refractivity contribution in [1.29, 1.82) is 0 Å². The van der Waals surface area contributed by atoms with E-state index in [9.17, 15) is 13.2 Å². The molecule has 0 radical (unpaired) electrons. The molecule has 0 saturated heterocycles. The SMILES string of the molecule is Nc1cc(Cl)c(NCCOCC(F)(F)F)c(Cl)c1. The molecule has 0 bridgehead atoms. The van der Waals surface area contributed by atoms with E-state index < -0.39 is 12.8 Å². The second kappa shape index (κ2) is 6.36. The molecule has 102 valence electrons. The molecule has 0 aliphatic carbocycles. The average molecular weight is 303 g/mol. The first-order valence-corrected chi connectivity index (χ1v) is 5.68. The van der Waals surface area contributed by atoms with Gasteiger partial charge >= 0.3 is 6.18 Å². The van der Waals surface area contributed by atoms with Crippen molar-refractivity contribution >= 4 is 34.6 Å². The second-order valence-electron chi connectivity index (χ2n) is 3.45. The lowest BCUT2D eigenvalue weighted by molar-refractivity contribution is -0.172. The molecule has 0 heterocycles. The van der Waals surface area contributed by atoms with Crippen LogP contribution >= 0.6 is 23.2 Å². The first-order valence-electron chi connectivity index (χ1n) is 4.92. The Labute approximate surface area is 112 Å². The van der Waals surface area contributed by atoms with E-state index >= 15 is 0 Å². The van der Waals surface area contributed by atoms with Crippen molar-refractivity contribution in [3.63, 3.8) is 0 Å². The Hall–Kier alpha value is -0.850. The van der Waals surface area contributed by atoms with Gasteiger partial charge in [0.05, 0.1) is 22.3 Å². The highest BCUT2D eigenvalue weighted by Crippen LogP contribution is 2.32. The molecule has 0 aromatic heterocycles. The molecule has 0 fully saturated rings. The van der Waals surface area contributed by atoms with Crippen LogP contribution in [0.25, 0.3) is 0 Å². The third-order valence-electron chi connectivity index (χ3n) is 1.88. The van der Waals surface area contributed by atoms with Crippen LogP contribution in [0.15, 0.2) is 12.1 Å². The van der Waals surface area contributed by atoms with Gasteiger partial charge in [0.15, 0.2) is 0 Å². The van der Waals surface area contributed by atoms with Gasteiger partial charge in [-0.1, -0.05) is 23.2 Å². The van der Waals surface area contributed by atoms with Crippen LogP contribution in [0.4, 0.5) is 24.5 Å². The molecule has 0 aliphatic rings. The van der Waals surface area contributed by atoms with Gasteiger partial charge in [0.25, 0.3) is 0 Å². The lowest BCUT2D eigenvalue weighted by atomic mass is 10.3. The molecular formula is C10H11Cl2F3N2O. The van der Waals surface area contributed by atoms with Crippen molar-refractivity contribution in [1.82, 2.24) is 0 Å². The van der Waals surface area contributed by atoms with Crippen LogP contribution in [0.2, 0.25) is 10.0 Å². The van der Waals surface area contributed by atoms with Gasteiger partial charge in [-0.3, -0.25) is 0 Å². The Kier molecular flexibility index (Phi) is 5.37. The van der Waals surface area contributed by atoms with Gasteiger partial charge in [-0.2, -0.15) is 13.2 Å². The van der Waals surface area contributed by atoms with Gasteiger partial charge < -0.3 is 15.8 Å². The third kappa shape index (κ3) is 5.20. The zero-order valence-electron chi connectivity index (χ0n) is 9.15. The van der Waals surface area contributed by atoms with E-state index in [1.54, 1.807) is 0 Å². The van der Waals surface area contributed by atoms with Crippen LogP contribution in [0, 0.1) is 0 Å². The van der Waals surface area contributed by atoms with Crippen molar-refractivity contribution in [2.75, 3.05) is 30.8 Å². The summed E-state index contributed by atoms with van der Waals surface area (Å²) >= 11 is 11.7. The summed E-state index contributed by atoms with van der Waals surface area (Å²) in [6, 6.07) is 2.98. The summed E-state index contributed by atoms with van der Waals surface area (Å²) in [5.74, 6) is 0. The highest BCUT2D eigenvalue weighted by Gasteiger charge is 2.27. The van der Waals surface area contributed by atoms with Crippen LogP contribution in [-0.2, 0) is 4.74 Å². The van der Waals surface area contributed by atoms with E-state index in [2.05, 4.69) is 10.1 Å². The van der Waals surface area contributed by atoms with Gasteiger partial charge in [0.1, 0.15) is 6.61 Å². The zero-order chi connectivity index (χ0) is 13.8. The van der Waals surface area contributed by atoms with Crippen LogP contribution in [-0.4, -0.2) is 25.9 Å². The zero-order valence-corrected chi connectivity index (χ0v) is 10.7. The number of ether oxygens (including phenoxy) is 1. The van der Waals surface area contributed by atoms with Crippen LogP contribution in [0.1, 0.15) is 0 Å². The highest BCUT2D eigenvalue weighted by molar-refractivity contribution is 6.39. The van der Waals surface area contributed by atoms with Gasteiger partial charge in [0.2, 0.25) is 0 Å². The van der Waals surface area contributed by atoms with E-state index in [1.165, 1.54) is 12.1 Å². The second-order valence-corrected chi connectivity index (χ2v) is 4.27. The number of halogens is 5. The van der Waals surface area contributed by atoms with Crippen LogP contribution < -0.4 is 11.1 Å². The Morgan fingerprint density at radius 3 is 2.28 bits per heavy atom. The summed E-state index contributed by atoms with van der Waals surface area (Å²) in [5.41, 5.74) is 6.33. The van der Waals surface area contributed by atoms with Gasteiger partial charge in [-0.25, -0.2) is 0 Å². The van der Waals surface area contributed by atoms with E-state index in [-0.39, 0.29) is 13.2 Å². The normalized spacial score (nSPS) is 11.6. The first-order chi connectivity index (χ1) is 8.29. The number of anilines is 2. The number of nitrogens with two attached hydrogens (primary N) is 1. The Morgan fingerprint density at radius 1 is 1.22 bits per heavy atom. The maximum absolute atomic E-state index is 11.8. The molecule has 0 spiro atoms. The minimum Gasteiger partial charge on any atom is -0.399 e. The Bertz CT molecular complexity index is 390. The molecule has 18 heavy (non-hydrogen) atoms. The third-order valence-corrected chi connectivity index (χ3v) is 2.47. The first kappa shape index (κ1) is 15.2. The Morgan fingerprint density at radius 2 is 1.78 bits per heavy atom. The fourth-order valence-electron chi connectivity index (χ4n) is 1.20. The summed E-state index contributed by atoms with van der Waals surface area (Å²) < 4.78 is 39.8. The number of hydrogen-bond donors (Lipinski definition) is 2. The maximum Gasteiger partial charge on any atom is 0.411 e. The molecule has 0 saturated carbocycles. The highest BCUT2D eigenvalue weighted by atomic mass is 35.5. The van der Waals surface area contributed by atoms with E-state index in [1.807, 2.05) is 0 Å². The monoisotopic (exact) mass is 302 g/mol. The summed E-state index contributed by atoms with van der Waals surface area (Å²) in [4.78, 5) is 0. The van der Waals surface area contributed by atoms with Gasteiger partial charge in [-0.05, 0) is 12.1 Å². The molecular weight excluding hydrogens is 292 g/mol. The molecule has 1 aromatic rings. The predicted molar refractivity (Wildman–Crippen MR) is 66.2 cm³/mol. The fraction of sp³-hybridized carbons (Fsp3) is 0.400. The molecule has 0 amide bonds. The lowest BCUT2D eigenvalue weighted by Gasteiger charge is -2.12. The number of alkyl halides is 3. The fourth-order valence-corrected chi connectivity index (χ4v) is 1.84. The number of nitrogens with one attached hydrogen (secondary N) is 1. The molecule has 3 nitrogen and oxygen atoms in total. The minimum atomic E-state index is -4.32. The standard InChI is InChI=1S/C10H11Cl2F3N2O/c11-7-3-6(16)4-8(12)9(7)17-1-2-18-5-10(13,14)15/h3-4,17H,1-2,5,16H2. The van der Waals surface area contributed by atoms with E-state index in [0.29, 0.717) is 21.4 Å². The van der Waals surface area contributed by atoms with E-state index in [4.69, 9.17) is 28.9 Å². The lowest BCUT2D eigenvalue weighted by Crippen LogP contribution is -2.20. The Balaban J connectivity index is 2.41. The van der Waals surface area contributed by atoms with Crippen molar-refractivity contribution in [3.8, 4) is 0 Å². The van der Waals surface area contributed by atoms with Crippen molar-refractivity contribution in [2.45, 2.75) is 6.18 Å². The molecule has 0 aliphatic heterocycles. The van der Waals surface area contributed by atoms with Crippen molar-refractivity contribution in [2.24, 2.45) is 0 Å².